The van der Waals surface area contributed by atoms with Crippen molar-refractivity contribution in [2.75, 3.05) is 0 Å². The third kappa shape index (κ3) is 2.42. The van der Waals surface area contributed by atoms with Crippen LogP contribution in [0.5, 0.6) is 0 Å². The molecule has 3 rings (SSSR count). The molecule has 20 heavy (non-hydrogen) atoms. The van der Waals surface area contributed by atoms with Crippen molar-refractivity contribution in [2.24, 2.45) is 7.05 Å². The number of nitrogens with zero attached hydrogens (tertiary/aromatic N) is 3. The Morgan fingerprint density at radius 3 is 2.70 bits per heavy atom. The Hall–Kier alpha value is -2.20. The first kappa shape index (κ1) is 12.8. The molecule has 0 spiro atoms. The summed E-state index contributed by atoms with van der Waals surface area (Å²) in [5.74, 6) is 0. The first-order chi connectivity index (χ1) is 9.75. The lowest BCUT2D eigenvalue weighted by atomic mass is 10.1. The van der Waals surface area contributed by atoms with Crippen LogP contribution in [-0.4, -0.2) is 14.8 Å². The van der Waals surface area contributed by atoms with Crippen LogP contribution < -0.4 is 5.32 Å². The topological polar surface area (TPSA) is 42.7 Å². The molecule has 2 aromatic heterocycles. The molecule has 0 saturated carbocycles. The lowest BCUT2D eigenvalue weighted by Crippen LogP contribution is -2.18. The lowest BCUT2D eigenvalue weighted by Gasteiger charge is -2.12. The van der Waals surface area contributed by atoms with Gasteiger partial charge in [-0.3, -0.25) is 9.67 Å². The van der Waals surface area contributed by atoms with Gasteiger partial charge in [-0.2, -0.15) is 5.10 Å². The highest BCUT2D eigenvalue weighted by atomic mass is 15.3. The summed E-state index contributed by atoms with van der Waals surface area (Å²) >= 11 is 0. The van der Waals surface area contributed by atoms with Crippen LogP contribution in [-0.2, 0) is 13.6 Å². The van der Waals surface area contributed by atoms with Gasteiger partial charge in [0, 0.05) is 37.4 Å². The van der Waals surface area contributed by atoms with Gasteiger partial charge in [-0.1, -0.05) is 18.2 Å². The van der Waals surface area contributed by atoms with Crippen molar-refractivity contribution in [1.82, 2.24) is 20.1 Å². The maximum atomic E-state index is 4.60. The normalized spacial score (nSPS) is 12.7. The third-order valence-electron chi connectivity index (χ3n) is 3.62. The van der Waals surface area contributed by atoms with E-state index in [9.17, 15) is 0 Å². The molecule has 1 atom stereocenters. The number of hydrogen-bond acceptors (Lipinski definition) is 3. The molecule has 0 bridgehead atoms. The van der Waals surface area contributed by atoms with Crippen molar-refractivity contribution in [3.63, 3.8) is 0 Å². The molecule has 0 aliphatic heterocycles. The molecule has 0 aliphatic rings. The summed E-state index contributed by atoms with van der Waals surface area (Å²) in [5, 5.41) is 9.33. The number of aromatic nitrogens is 3. The molecule has 0 radical (unpaired) electrons. The van der Waals surface area contributed by atoms with Gasteiger partial charge in [-0.25, -0.2) is 0 Å². The summed E-state index contributed by atoms with van der Waals surface area (Å²) in [6.07, 6.45) is 3.65. The molecule has 1 N–H and O–H groups in total. The maximum Gasteiger partial charge on any atom is 0.0841 e. The lowest BCUT2D eigenvalue weighted by molar-refractivity contribution is 0.563. The first-order valence-corrected chi connectivity index (χ1v) is 6.79. The number of benzene rings is 1. The van der Waals surface area contributed by atoms with Crippen molar-refractivity contribution in [3.05, 3.63) is 60.0 Å². The van der Waals surface area contributed by atoms with Crippen LogP contribution in [0.1, 0.15) is 24.2 Å². The zero-order valence-corrected chi connectivity index (χ0v) is 11.7. The predicted molar refractivity (Wildman–Crippen MR) is 80.2 cm³/mol. The number of hydrogen-bond donors (Lipinski definition) is 1. The Balaban J connectivity index is 1.77. The van der Waals surface area contributed by atoms with E-state index in [2.05, 4.69) is 40.5 Å². The number of nitrogens with one attached hydrogen (secondary N) is 1. The number of para-hydroxylation sites is 1. The SMILES string of the molecule is CC(NCc1nn(C)c2ccccc12)c1ccncc1. The molecular formula is C16H18N4. The van der Waals surface area contributed by atoms with Gasteiger partial charge in [0.25, 0.3) is 0 Å². The summed E-state index contributed by atoms with van der Waals surface area (Å²) in [5.41, 5.74) is 3.49. The van der Waals surface area contributed by atoms with E-state index >= 15 is 0 Å². The van der Waals surface area contributed by atoms with Gasteiger partial charge >= 0.3 is 0 Å². The van der Waals surface area contributed by atoms with Crippen molar-refractivity contribution in [1.29, 1.82) is 0 Å². The highest BCUT2D eigenvalue weighted by molar-refractivity contribution is 5.81. The second-order valence-electron chi connectivity index (χ2n) is 4.97. The number of pyridine rings is 1. The number of fused-ring (bicyclic) bond motifs is 1. The fourth-order valence-corrected chi connectivity index (χ4v) is 2.44. The Morgan fingerprint density at radius 2 is 1.90 bits per heavy atom. The van der Waals surface area contributed by atoms with E-state index in [0.29, 0.717) is 0 Å². The van der Waals surface area contributed by atoms with Crippen LogP contribution in [0.4, 0.5) is 0 Å². The van der Waals surface area contributed by atoms with Crippen LogP contribution >= 0.6 is 0 Å². The zero-order chi connectivity index (χ0) is 13.9. The van der Waals surface area contributed by atoms with E-state index in [1.54, 1.807) is 0 Å². The molecule has 102 valence electrons. The van der Waals surface area contributed by atoms with Crippen molar-refractivity contribution in [2.45, 2.75) is 19.5 Å². The Kier molecular flexibility index (Phi) is 3.48. The van der Waals surface area contributed by atoms with Crippen LogP contribution in [0.2, 0.25) is 0 Å². The second-order valence-corrected chi connectivity index (χ2v) is 4.97. The minimum absolute atomic E-state index is 0.277. The average molecular weight is 266 g/mol. The first-order valence-electron chi connectivity index (χ1n) is 6.79. The molecule has 0 saturated heterocycles. The molecule has 0 amide bonds. The van der Waals surface area contributed by atoms with E-state index in [1.165, 1.54) is 16.5 Å². The summed E-state index contributed by atoms with van der Waals surface area (Å²) in [7, 11) is 1.98. The van der Waals surface area contributed by atoms with Gasteiger partial charge in [0.1, 0.15) is 0 Å². The molecule has 2 heterocycles. The fraction of sp³-hybridized carbons (Fsp3) is 0.250. The van der Waals surface area contributed by atoms with Crippen LogP contribution in [0.25, 0.3) is 10.9 Å². The number of aryl methyl sites for hydroxylation is 1. The van der Waals surface area contributed by atoms with Crippen LogP contribution in [0.15, 0.2) is 48.8 Å². The van der Waals surface area contributed by atoms with Crippen molar-refractivity contribution < 1.29 is 0 Å². The number of rotatable bonds is 4. The summed E-state index contributed by atoms with van der Waals surface area (Å²) in [4.78, 5) is 4.05. The Labute approximate surface area is 118 Å². The molecule has 4 nitrogen and oxygen atoms in total. The van der Waals surface area contributed by atoms with Gasteiger partial charge in [0.2, 0.25) is 0 Å². The summed E-state index contributed by atoms with van der Waals surface area (Å²) in [6.45, 7) is 2.91. The minimum Gasteiger partial charge on any atom is -0.304 e. The van der Waals surface area contributed by atoms with E-state index in [4.69, 9.17) is 0 Å². The quantitative estimate of drug-likeness (QED) is 0.789. The molecular weight excluding hydrogens is 248 g/mol. The van der Waals surface area contributed by atoms with Gasteiger partial charge in [-0.15, -0.1) is 0 Å². The fourth-order valence-electron chi connectivity index (χ4n) is 2.44. The monoisotopic (exact) mass is 266 g/mol. The van der Waals surface area contributed by atoms with Crippen LogP contribution in [0, 0.1) is 0 Å². The minimum atomic E-state index is 0.277. The maximum absolute atomic E-state index is 4.60. The van der Waals surface area contributed by atoms with E-state index in [-0.39, 0.29) is 6.04 Å². The summed E-state index contributed by atoms with van der Waals surface area (Å²) < 4.78 is 1.93. The highest BCUT2D eigenvalue weighted by Gasteiger charge is 2.10. The molecule has 1 unspecified atom stereocenters. The van der Waals surface area contributed by atoms with Crippen LogP contribution in [0.3, 0.4) is 0 Å². The Morgan fingerprint density at radius 1 is 1.15 bits per heavy atom. The zero-order valence-electron chi connectivity index (χ0n) is 11.7. The molecule has 0 fully saturated rings. The van der Waals surface area contributed by atoms with Crippen molar-refractivity contribution >= 4 is 10.9 Å². The van der Waals surface area contributed by atoms with Gasteiger partial charge < -0.3 is 5.32 Å². The standard InChI is InChI=1S/C16H18N4/c1-12(13-7-9-17-10-8-13)18-11-15-14-5-3-4-6-16(14)20(2)19-15/h3-10,12,18H,11H2,1-2H3. The average Bonchev–Trinajstić information content (AvgIpc) is 2.83. The van der Waals surface area contributed by atoms with E-state index in [1.807, 2.05) is 42.3 Å². The molecule has 4 heteroatoms. The van der Waals surface area contributed by atoms with Gasteiger partial charge in [0.05, 0.1) is 11.2 Å². The van der Waals surface area contributed by atoms with Gasteiger partial charge in [-0.05, 0) is 30.7 Å². The second kappa shape index (κ2) is 5.43. The van der Waals surface area contributed by atoms with Crippen molar-refractivity contribution in [3.8, 4) is 0 Å². The molecule has 3 aromatic rings. The Bertz CT molecular complexity index is 703. The third-order valence-corrected chi connectivity index (χ3v) is 3.62. The largest absolute Gasteiger partial charge is 0.304 e. The predicted octanol–water partition coefficient (Wildman–Crippen LogP) is 2.82. The summed E-state index contributed by atoms with van der Waals surface area (Å²) in [6, 6.07) is 12.7. The smallest absolute Gasteiger partial charge is 0.0841 e. The molecule has 0 aliphatic carbocycles. The highest BCUT2D eigenvalue weighted by Crippen LogP contribution is 2.18. The van der Waals surface area contributed by atoms with E-state index in [0.717, 1.165) is 12.2 Å². The van der Waals surface area contributed by atoms with E-state index < -0.39 is 0 Å². The molecule has 1 aromatic carbocycles. The van der Waals surface area contributed by atoms with Gasteiger partial charge in [0.15, 0.2) is 0 Å².